The van der Waals surface area contributed by atoms with Gasteiger partial charge in [0.05, 0.1) is 11.1 Å². The average Bonchev–Trinajstić information content (AvgIpc) is 2.42. The first kappa shape index (κ1) is 15.3. The van der Waals surface area contributed by atoms with Crippen molar-refractivity contribution in [1.29, 1.82) is 0 Å². The molecule has 0 aromatic heterocycles. The molecule has 0 radical (unpaired) electrons. The van der Waals surface area contributed by atoms with Crippen molar-refractivity contribution < 1.29 is 9.50 Å². The molecule has 5 heteroatoms. The van der Waals surface area contributed by atoms with Crippen LogP contribution in [0.5, 0.6) is 0 Å². The lowest BCUT2D eigenvalue weighted by Crippen LogP contribution is -2.21. The summed E-state index contributed by atoms with van der Waals surface area (Å²) in [5.41, 5.74) is 6.61. The first-order valence-corrected chi connectivity index (χ1v) is 6.87. The van der Waals surface area contributed by atoms with Gasteiger partial charge in [0.2, 0.25) is 0 Å². The van der Waals surface area contributed by atoms with Crippen molar-refractivity contribution in [3.63, 3.8) is 0 Å². The van der Waals surface area contributed by atoms with Crippen LogP contribution in [0, 0.1) is 5.82 Å². The highest BCUT2D eigenvalue weighted by Crippen LogP contribution is 2.34. The van der Waals surface area contributed by atoms with E-state index in [-0.39, 0.29) is 17.1 Å². The standard InChI is InChI=1S/C15H14Cl2FNO/c16-10-4-1-3-9(7-10)12(8-19)15(20)11-5-2-6-13(17)14(11)18/h1-7,12,15,20H,8,19H2. The number of halogens is 3. The predicted molar refractivity (Wildman–Crippen MR) is 79.6 cm³/mol. The second-order valence-electron chi connectivity index (χ2n) is 4.49. The van der Waals surface area contributed by atoms with Crippen LogP contribution in [0.25, 0.3) is 0 Å². The lowest BCUT2D eigenvalue weighted by atomic mass is 9.89. The number of aliphatic hydroxyl groups excluding tert-OH is 1. The van der Waals surface area contributed by atoms with E-state index < -0.39 is 17.8 Å². The Bertz CT molecular complexity index is 606. The Morgan fingerprint density at radius 1 is 1.15 bits per heavy atom. The van der Waals surface area contributed by atoms with Crippen molar-refractivity contribution in [1.82, 2.24) is 0 Å². The van der Waals surface area contributed by atoms with E-state index in [1.54, 1.807) is 30.3 Å². The Morgan fingerprint density at radius 2 is 1.85 bits per heavy atom. The Morgan fingerprint density at radius 3 is 2.50 bits per heavy atom. The molecule has 0 aliphatic heterocycles. The van der Waals surface area contributed by atoms with Crippen LogP contribution < -0.4 is 5.73 Å². The predicted octanol–water partition coefficient (Wildman–Crippen LogP) is 3.91. The SMILES string of the molecule is NCC(c1cccc(Cl)c1)C(O)c1cccc(Cl)c1F. The minimum absolute atomic E-state index is 0.0246. The summed E-state index contributed by atoms with van der Waals surface area (Å²) in [7, 11) is 0. The Labute approximate surface area is 126 Å². The highest BCUT2D eigenvalue weighted by atomic mass is 35.5. The maximum Gasteiger partial charge on any atom is 0.147 e. The van der Waals surface area contributed by atoms with Gasteiger partial charge in [0, 0.05) is 23.0 Å². The molecule has 0 amide bonds. The quantitative estimate of drug-likeness (QED) is 0.899. The van der Waals surface area contributed by atoms with E-state index in [1.807, 2.05) is 0 Å². The highest BCUT2D eigenvalue weighted by molar-refractivity contribution is 6.31. The fraction of sp³-hybridized carbons (Fsp3) is 0.200. The molecule has 2 unspecified atom stereocenters. The van der Waals surface area contributed by atoms with Crippen LogP contribution >= 0.6 is 23.2 Å². The van der Waals surface area contributed by atoms with Crippen molar-refractivity contribution in [3.8, 4) is 0 Å². The second kappa shape index (κ2) is 6.55. The number of hydrogen-bond acceptors (Lipinski definition) is 2. The summed E-state index contributed by atoms with van der Waals surface area (Å²) < 4.78 is 14.0. The summed E-state index contributed by atoms with van der Waals surface area (Å²) in [6.45, 7) is 0.160. The number of nitrogens with two attached hydrogens (primary N) is 1. The highest BCUT2D eigenvalue weighted by Gasteiger charge is 2.25. The molecular formula is C15H14Cl2FNO. The average molecular weight is 314 g/mol. The molecule has 0 fully saturated rings. The van der Waals surface area contributed by atoms with E-state index in [2.05, 4.69) is 0 Å². The lowest BCUT2D eigenvalue weighted by Gasteiger charge is -2.23. The first-order chi connectivity index (χ1) is 9.54. The minimum Gasteiger partial charge on any atom is -0.388 e. The summed E-state index contributed by atoms with van der Waals surface area (Å²) >= 11 is 11.7. The summed E-state index contributed by atoms with van der Waals surface area (Å²) in [5.74, 6) is -1.08. The largest absolute Gasteiger partial charge is 0.388 e. The second-order valence-corrected chi connectivity index (χ2v) is 5.33. The van der Waals surface area contributed by atoms with Crippen LogP contribution in [0.4, 0.5) is 4.39 Å². The molecule has 2 aromatic rings. The van der Waals surface area contributed by atoms with Gasteiger partial charge in [0.15, 0.2) is 0 Å². The van der Waals surface area contributed by atoms with Crippen LogP contribution in [0.3, 0.4) is 0 Å². The topological polar surface area (TPSA) is 46.2 Å². The van der Waals surface area contributed by atoms with Crippen molar-refractivity contribution in [3.05, 3.63) is 69.5 Å². The number of aliphatic hydroxyl groups is 1. The van der Waals surface area contributed by atoms with Gasteiger partial charge < -0.3 is 10.8 Å². The molecule has 0 saturated heterocycles. The molecule has 0 aliphatic rings. The monoisotopic (exact) mass is 313 g/mol. The third-order valence-corrected chi connectivity index (χ3v) is 3.74. The molecular weight excluding hydrogens is 300 g/mol. The molecule has 106 valence electrons. The van der Waals surface area contributed by atoms with E-state index in [0.717, 1.165) is 5.56 Å². The van der Waals surface area contributed by atoms with E-state index in [0.29, 0.717) is 5.02 Å². The molecule has 20 heavy (non-hydrogen) atoms. The summed E-state index contributed by atoms with van der Waals surface area (Å²) in [6.07, 6.45) is -1.09. The van der Waals surface area contributed by atoms with Crippen molar-refractivity contribution in [2.75, 3.05) is 6.54 Å². The van der Waals surface area contributed by atoms with Gasteiger partial charge >= 0.3 is 0 Å². The molecule has 2 nitrogen and oxygen atoms in total. The zero-order chi connectivity index (χ0) is 14.7. The summed E-state index contributed by atoms with van der Waals surface area (Å²) in [5, 5.41) is 10.9. The molecule has 0 spiro atoms. The lowest BCUT2D eigenvalue weighted by molar-refractivity contribution is 0.143. The van der Waals surface area contributed by atoms with Gasteiger partial charge in [-0.3, -0.25) is 0 Å². The summed E-state index contributed by atoms with van der Waals surface area (Å²) in [6, 6.07) is 11.5. The smallest absolute Gasteiger partial charge is 0.147 e. The molecule has 3 N–H and O–H groups in total. The number of rotatable bonds is 4. The van der Waals surface area contributed by atoms with Gasteiger partial charge in [-0.2, -0.15) is 0 Å². The van der Waals surface area contributed by atoms with Crippen LogP contribution in [-0.2, 0) is 0 Å². The zero-order valence-corrected chi connectivity index (χ0v) is 12.1. The molecule has 0 bridgehead atoms. The van der Waals surface area contributed by atoms with Gasteiger partial charge in [-0.25, -0.2) is 4.39 Å². The molecule has 2 atom stereocenters. The summed E-state index contributed by atoms with van der Waals surface area (Å²) in [4.78, 5) is 0. The van der Waals surface area contributed by atoms with Gasteiger partial charge in [0.1, 0.15) is 5.82 Å². The maximum atomic E-state index is 14.0. The van der Waals surface area contributed by atoms with Crippen molar-refractivity contribution >= 4 is 23.2 Å². The normalized spacial score (nSPS) is 14.1. The van der Waals surface area contributed by atoms with Crippen molar-refractivity contribution in [2.24, 2.45) is 5.73 Å². The zero-order valence-electron chi connectivity index (χ0n) is 10.6. The van der Waals surface area contributed by atoms with Gasteiger partial charge in [0.25, 0.3) is 0 Å². The molecule has 2 aromatic carbocycles. The van der Waals surface area contributed by atoms with E-state index in [9.17, 15) is 9.50 Å². The molecule has 0 saturated carbocycles. The molecule has 2 rings (SSSR count). The molecule has 0 aliphatic carbocycles. The van der Waals surface area contributed by atoms with Gasteiger partial charge in [-0.05, 0) is 23.8 Å². The van der Waals surface area contributed by atoms with Crippen LogP contribution in [0.1, 0.15) is 23.1 Å². The third-order valence-electron chi connectivity index (χ3n) is 3.21. The van der Waals surface area contributed by atoms with Crippen LogP contribution in [0.2, 0.25) is 10.0 Å². The maximum absolute atomic E-state index is 14.0. The Kier molecular flexibility index (Phi) is 5.00. The number of hydrogen-bond donors (Lipinski definition) is 2. The Balaban J connectivity index is 2.39. The van der Waals surface area contributed by atoms with Crippen LogP contribution in [-0.4, -0.2) is 11.7 Å². The first-order valence-electron chi connectivity index (χ1n) is 6.12. The van der Waals surface area contributed by atoms with E-state index in [1.165, 1.54) is 12.1 Å². The number of benzene rings is 2. The van der Waals surface area contributed by atoms with Crippen molar-refractivity contribution in [2.45, 2.75) is 12.0 Å². The van der Waals surface area contributed by atoms with Gasteiger partial charge in [-0.1, -0.05) is 47.5 Å². The van der Waals surface area contributed by atoms with E-state index in [4.69, 9.17) is 28.9 Å². The minimum atomic E-state index is -1.09. The fourth-order valence-corrected chi connectivity index (χ4v) is 2.53. The fourth-order valence-electron chi connectivity index (χ4n) is 2.15. The van der Waals surface area contributed by atoms with Crippen LogP contribution in [0.15, 0.2) is 42.5 Å². The molecule has 0 heterocycles. The van der Waals surface area contributed by atoms with E-state index >= 15 is 0 Å². The van der Waals surface area contributed by atoms with Gasteiger partial charge in [-0.15, -0.1) is 0 Å². The Hall–Kier alpha value is -1.13. The third kappa shape index (κ3) is 3.13.